The van der Waals surface area contributed by atoms with Gasteiger partial charge in [0.25, 0.3) is 0 Å². The second-order valence-electron chi connectivity index (χ2n) is 13.6. The van der Waals surface area contributed by atoms with Crippen LogP contribution in [0.4, 0.5) is 11.8 Å². The maximum atomic E-state index is 11.0. The summed E-state index contributed by atoms with van der Waals surface area (Å²) < 4.78 is 0. The van der Waals surface area contributed by atoms with Crippen LogP contribution < -0.4 is 15.5 Å². The zero-order valence-corrected chi connectivity index (χ0v) is 25.4. The number of benzene rings is 2. The molecular formula is C33H49N5O. The van der Waals surface area contributed by atoms with Crippen LogP contribution in [-0.2, 0) is 17.3 Å². The van der Waals surface area contributed by atoms with Crippen LogP contribution >= 0.6 is 0 Å². The fraction of sp³-hybridized carbons (Fsp3) is 0.576. The summed E-state index contributed by atoms with van der Waals surface area (Å²) in [6.07, 6.45) is 5.67. The molecule has 6 heteroatoms. The Balaban J connectivity index is 1.28. The summed E-state index contributed by atoms with van der Waals surface area (Å²) >= 11 is 0. The van der Waals surface area contributed by atoms with Gasteiger partial charge >= 0.3 is 0 Å². The van der Waals surface area contributed by atoms with Gasteiger partial charge in [0, 0.05) is 25.5 Å². The predicted octanol–water partition coefficient (Wildman–Crippen LogP) is 6.80. The lowest BCUT2D eigenvalue weighted by Crippen LogP contribution is -2.32. The number of hydrogen-bond acceptors (Lipinski definition) is 6. The molecule has 3 N–H and O–H groups in total. The summed E-state index contributed by atoms with van der Waals surface area (Å²) in [5.74, 6) is 2.85. The lowest BCUT2D eigenvalue weighted by atomic mass is 9.78. The highest BCUT2D eigenvalue weighted by molar-refractivity contribution is 5.90. The second-order valence-corrected chi connectivity index (χ2v) is 13.6. The van der Waals surface area contributed by atoms with Gasteiger partial charge in [-0.2, -0.15) is 4.98 Å². The lowest BCUT2D eigenvalue weighted by molar-refractivity contribution is 0.325. The minimum atomic E-state index is -0.0912. The van der Waals surface area contributed by atoms with Gasteiger partial charge < -0.3 is 20.6 Å². The van der Waals surface area contributed by atoms with E-state index in [0.717, 1.165) is 66.1 Å². The van der Waals surface area contributed by atoms with Crippen LogP contribution in [0.15, 0.2) is 36.4 Å². The molecule has 0 bridgehead atoms. The van der Waals surface area contributed by atoms with Gasteiger partial charge in [0.1, 0.15) is 11.6 Å². The maximum Gasteiger partial charge on any atom is 0.225 e. The Morgan fingerprint density at radius 2 is 1.51 bits per heavy atom. The van der Waals surface area contributed by atoms with Crippen LogP contribution in [0.5, 0.6) is 5.75 Å². The molecule has 0 atom stereocenters. The van der Waals surface area contributed by atoms with E-state index >= 15 is 0 Å². The molecule has 0 aliphatic heterocycles. The van der Waals surface area contributed by atoms with Crippen molar-refractivity contribution in [2.45, 2.75) is 90.5 Å². The highest BCUT2D eigenvalue weighted by Crippen LogP contribution is 2.40. The van der Waals surface area contributed by atoms with Gasteiger partial charge in [0.2, 0.25) is 5.95 Å². The molecule has 0 spiro atoms. The van der Waals surface area contributed by atoms with Gasteiger partial charge in [-0.05, 0) is 90.8 Å². The monoisotopic (exact) mass is 531 g/mol. The number of aromatic nitrogens is 2. The minimum absolute atomic E-state index is 0.0912. The summed E-state index contributed by atoms with van der Waals surface area (Å²) in [7, 11) is 4.07. The number of aromatic hydroxyl groups is 1. The number of phenolic OH excluding ortho intramolecular Hbond substituents is 1. The van der Waals surface area contributed by atoms with Crippen molar-refractivity contribution in [3.63, 3.8) is 0 Å². The average molecular weight is 532 g/mol. The van der Waals surface area contributed by atoms with Crippen LogP contribution in [0.2, 0.25) is 0 Å². The van der Waals surface area contributed by atoms with Crippen LogP contribution in [-0.4, -0.2) is 48.3 Å². The molecule has 0 saturated heterocycles. The SMILES string of the molecule is CN(C)c1nc(NC2CCC(CNCCc3cc(C(C)(C)C)c(O)c(C(C)(C)C)c3)CC2)nc2ccccc12. The number of nitrogens with zero attached hydrogens (tertiary/aromatic N) is 3. The van der Waals surface area contributed by atoms with E-state index in [0.29, 0.717) is 17.7 Å². The number of phenols is 1. The number of fused-ring (bicyclic) bond motifs is 1. The number of nitrogens with one attached hydrogen (secondary N) is 2. The number of hydrogen-bond donors (Lipinski definition) is 3. The summed E-state index contributed by atoms with van der Waals surface area (Å²) in [6, 6.07) is 13.1. The summed E-state index contributed by atoms with van der Waals surface area (Å²) in [4.78, 5) is 11.7. The molecule has 212 valence electrons. The van der Waals surface area contributed by atoms with E-state index in [9.17, 15) is 5.11 Å². The molecule has 1 saturated carbocycles. The molecular weight excluding hydrogens is 482 g/mol. The van der Waals surface area contributed by atoms with Gasteiger partial charge in [-0.15, -0.1) is 0 Å². The van der Waals surface area contributed by atoms with Crippen molar-refractivity contribution in [3.05, 3.63) is 53.1 Å². The zero-order valence-electron chi connectivity index (χ0n) is 25.4. The summed E-state index contributed by atoms with van der Waals surface area (Å²) in [5.41, 5.74) is 4.19. The van der Waals surface area contributed by atoms with Gasteiger partial charge in [0.05, 0.1) is 5.52 Å². The Bertz CT molecular complexity index is 1230. The molecule has 1 aromatic heterocycles. The Kier molecular flexibility index (Phi) is 8.75. The van der Waals surface area contributed by atoms with Crippen molar-refractivity contribution in [2.24, 2.45) is 5.92 Å². The highest BCUT2D eigenvalue weighted by Gasteiger charge is 2.27. The molecule has 39 heavy (non-hydrogen) atoms. The average Bonchev–Trinajstić information content (AvgIpc) is 2.86. The quantitative estimate of drug-likeness (QED) is 0.278. The van der Waals surface area contributed by atoms with Gasteiger partial charge in [-0.1, -0.05) is 65.8 Å². The second kappa shape index (κ2) is 11.7. The Labute approximate surface area is 235 Å². The Morgan fingerprint density at radius 3 is 2.10 bits per heavy atom. The van der Waals surface area contributed by atoms with Crippen LogP contribution in [0, 0.1) is 5.92 Å². The largest absolute Gasteiger partial charge is 0.507 e. The van der Waals surface area contributed by atoms with E-state index in [1.165, 1.54) is 18.4 Å². The first-order valence-corrected chi connectivity index (χ1v) is 14.6. The normalized spacial score (nSPS) is 18.4. The summed E-state index contributed by atoms with van der Waals surface area (Å²) in [5, 5.41) is 19.4. The first-order chi connectivity index (χ1) is 18.3. The summed E-state index contributed by atoms with van der Waals surface area (Å²) in [6.45, 7) is 15.1. The first-order valence-electron chi connectivity index (χ1n) is 14.6. The van der Waals surface area contributed by atoms with Crippen LogP contribution in [0.1, 0.15) is 83.9 Å². The van der Waals surface area contributed by atoms with Gasteiger partial charge in [0.15, 0.2) is 0 Å². The van der Waals surface area contributed by atoms with Gasteiger partial charge in [-0.25, -0.2) is 4.98 Å². The third-order valence-electron chi connectivity index (χ3n) is 8.00. The van der Waals surface area contributed by atoms with Crippen molar-refractivity contribution in [2.75, 3.05) is 37.4 Å². The molecule has 3 aromatic rings. The fourth-order valence-electron chi connectivity index (χ4n) is 5.68. The molecule has 4 rings (SSSR count). The van der Waals surface area contributed by atoms with E-state index in [1.807, 2.05) is 26.2 Å². The Morgan fingerprint density at radius 1 is 0.897 bits per heavy atom. The van der Waals surface area contributed by atoms with Crippen molar-refractivity contribution < 1.29 is 5.11 Å². The van der Waals surface area contributed by atoms with Crippen LogP contribution in [0.25, 0.3) is 10.9 Å². The van der Waals surface area contributed by atoms with E-state index in [1.54, 1.807) is 0 Å². The van der Waals surface area contributed by atoms with Crippen LogP contribution in [0.3, 0.4) is 0 Å². The topological polar surface area (TPSA) is 73.3 Å². The van der Waals surface area contributed by atoms with Crippen molar-refractivity contribution in [1.82, 2.24) is 15.3 Å². The standard InChI is InChI=1S/C33H49N5O/c1-32(2,3)26-19-23(20-27(29(26)39)33(4,5)6)17-18-34-21-22-13-15-24(16-14-22)35-31-36-28-12-10-9-11-25(28)30(37-31)38(7)8/h9-12,19-20,22,24,34,39H,13-18,21H2,1-8H3,(H,35,36,37). The molecule has 1 fully saturated rings. The zero-order chi connectivity index (χ0) is 28.4. The van der Waals surface area contributed by atoms with Crippen molar-refractivity contribution >= 4 is 22.7 Å². The first kappa shape index (κ1) is 29.1. The predicted molar refractivity (Wildman–Crippen MR) is 165 cm³/mol. The molecule has 0 unspecified atom stereocenters. The molecule has 1 heterocycles. The minimum Gasteiger partial charge on any atom is -0.507 e. The van der Waals surface area contributed by atoms with E-state index in [-0.39, 0.29) is 10.8 Å². The van der Waals surface area contributed by atoms with Crippen molar-refractivity contribution in [3.8, 4) is 5.75 Å². The number of para-hydroxylation sites is 1. The lowest BCUT2D eigenvalue weighted by Gasteiger charge is -2.30. The van der Waals surface area contributed by atoms with E-state index < -0.39 is 0 Å². The number of anilines is 2. The molecule has 1 aliphatic rings. The van der Waals surface area contributed by atoms with Crippen molar-refractivity contribution in [1.29, 1.82) is 0 Å². The molecule has 0 radical (unpaired) electrons. The van der Waals surface area contributed by atoms with Gasteiger partial charge in [-0.3, -0.25) is 0 Å². The molecule has 1 aliphatic carbocycles. The fourth-order valence-corrected chi connectivity index (χ4v) is 5.68. The molecule has 6 nitrogen and oxygen atoms in total. The molecule has 2 aromatic carbocycles. The molecule has 0 amide bonds. The van der Waals surface area contributed by atoms with E-state index in [4.69, 9.17) is 9.97 Å². The van der Waals surface area contributed by atoms with E-state index in [2.05, 4.69) is 81.3 Å². The smallest absolute Gasteiger partial charge is 0.225 e. The highest BCUT2D eigenvalue weighted by atomic mass is 16.3. The number of rotatable bonds is 8. The third-order valence-corrected chi connectivity index (χ3v) is 8.00. The Hall–Kier alpha value is -2.86. The maximum absolute atomic E-state index is 11.0. The third kappa shape index (κ3) is 7.21.